The number of hydrogen-bond donors (Lipinski definition) is 1. The van der Waals surface area contributed by atoms with Gasteiger partial charge in [0.05, 0.1) is 3.79 Å². The van der Waals surface area contributed by atoms with Crippen molar-refractivity contribution in [2.24, 2.45) is 5.92 Å². The number of aliphatic hydroxyl groups excluding tert-OH is 1. The second-order valence-corrected chi connectivity index (χ2v) is 7.14. The van der Waals surface area contributed by atoms with E-state index in [-0.39, 0.29) is 6.10 Å². The Labute approximate surface area is 109 Å². The third-order valence-electron chi connectivity index (χ3n) is 3.23. The molecule has 0 saturated carbocycles. The fraction of sp³-hybridized carbons (Fsp3) is 0.667. The summed E-state index contributed by atoms with van der Waals surface area (Å²) in [6, 6.07) is 4.01. The molecule has 1 aliphatic heterocycles. The van der Waals surface area contributed by atoms with Crippen molar-refractivity contribution in [1.82, 2.24) is 4.90 Å². The first-order valence-corrected chi connectivity index (χ1v) is 7.42. The van der Waals surface area contributed by atoms with Gasteiger partial charge in [-0.25, -0.2) is 0 Å². The van der Waals surface area contributed by atoms with Crippen LogP contribution in [0.15, 0.2) is 15.9 Å². The molecule has 0 aliphatic carbocycles. The molecule has 0 spiro atoms. The Balaban J connectivity index is 1.85. The predicted molar refractivity (Wildman–Crippen MR) is 71.8 cm³/mol. The highest BCUT2D eigenvalue weighted by Gasteiger charge is 2.19. The Bertz CT molecular complexity index is 334. The van der Waals surface area contributed by atoms with Crippen molar-refractivity contribution in [3.05, 3.63) is 20.8 Å². The van der Waals surface area contributed by atoms with Crippen molar-refractivity contribution in [3.63, 3.8) is 0 Å². The third-order valence-corrected chi connectivity index (χ3v) is 4.95. The van der Waals surface area contributed by atoms with Crippen LogP contribution in [-0.4, -0.2) is 29.6 Å². The van der Waals surface area contributed by atoms with Crippen molar-refractivity contribution in [3.8, 4) is 0 Å². The van der Waals surface area contributed by atoms with Crippen LogP contribution >= 0.6 is 27.3 Å². The molecule has 2 heterocycles. The molecule has 0 amide bonds. The number of rotatable bonds is 3. The molecule has 2 nitrogen and oxygen atoms in total. The van der Waals surface area contributed by atoms with Gasteiger partial charge in [0.15, 0.2) is 0 Å². The molecule has 1 aliphatic rings. The average molecular weight is 304 g/mol. The number of aliphatic hydroxyl groups is 1. The Morgan fingerprint density at radius 2 is 2.19 bits per heavy atom. The minimum Gasteiger partial charge on any atom is -0.386 e. The fourth-order valence-corrected chi connectivity index (χ4v) is 3.49. The minimum absolute atomic E-state index is 0.329. The number of likely N-dealkylation sites (tertiary alicyclic amines) is 1. The van der Waals surface area contributed by atoms with Crippen LogP contribution in [0.5, 0.6) is 0 Å². The van der Waals surface area contributed by atoms with Gasteiger partial charge < -0.3 is 10.0 Å². The summed E-state index contributed by atoms with van der Waals surface area (Å²) in [7, 11) is 0. The lowest BCUT2D eigenvalue weighted by molar-refractivity contribution is 0.0938. The summed E-state index contributed by atoms with van der Waals surface area (Å²) < 4.78 is 1.09. The Kier molecular flexibility index (Phi) is 4.41. The van der Waals surface area contributed by atoms with E-state index in [1.807, 2.05) is 12.1 Å². The zero-order chi connectivity index (χ0) is 11.5. The second-order valence-electron chi connectivity index (χ2n) is 4.64. The molecule has 4 heteroatoms. The lowest BCUT2D eigenvalue weighted by Crippen LogP contribution is -2.35. The SMILES string of the molecule is CC1CCN(CC(O)c2ccc(Br)s2)CC1. The first-order valence-electron chi connectivity index (χ1n) is 5.81. The van der Waals surface area contributed by atoms with E-state index < -0.39 is 0 Å². The van der Waals surface area contributed by atoms with E-state index in [1.165, 1.54) is 12.8 Å². The van der Waals surface area contributed by atoms with Crippen LogP contribution < -0.4 is 0 Å². The number of β-amino-alcohol motifs (C(OH)–C–C–N with tert-alkyl or cyclic N) is 1. The molecule has 0 radical (unpaired) electrons. The summed E-state index contributed by atoms with van der Waals surface area (Å²) >= 11 is 5.05. The van der Waals surface area contributed by atoms with Gasteiger partial charge in [0, 0.05) is 11.4 Å². The van der Waals surface area contributed by atoms with E-state index in [0.717, 1.165) is 34.2 Å². The molecule has 2 rings (SSSR count). The lowest BCUT2D eigenvalue weighted by atomic mass is 9.99. The quantitative estimate of drug-likeness (QED) is 0.926. The minimum atomic E-state index is -0.329. The number of hydrogen-bond acceptors (Lipinski definition) is 3. The van der Waals surface area contributed by atoms with Crippen molar-refractivity contribution in [2.75, 3.05) is 19.6 Å². The van der Waals surface area contributed by atoms with E-state index >= 15 is 0 Å². The molecular weight excluding hydrogens is 286 g/mol. The summed E-state index contributed by atoms with van der Waals surface area (Å²) in [5, 5.41) is 10.1. The van der Waals surface area contributed by atoms with E-state index in [4.69, 9.17) is 0 Å². The molecule has 1 atom stereocenters. The Morgan fingerprint density at radius 3 is 2.75 bits per heavy atom. The lowest BCUT2D eigenvalue weighted by Gasteiger charge is -2.31. The normalized spacial score (nSPS) is 21.2. The largest absolute Gasteiger partial charge is 0.386 e. The number of halogens is 1. The topological polar surface area (TPSA) is 23.5 Å². The molecule has 1 N–H and O–H groups in total. The molecular formula is C12H18BrNOS. The van der Waals surface area contributed by atoms with Gasteiger partial charge in [-0.2, -0.15) is 0 Å². The maximum Gasteiger partial charge on any atom is 0.101 e. The summed E-state index contributed by atoms with van der Waals surface area (Å²) in [6.45, 7) is 5.35. The highest BCUT2D eigenvalue weighted by Crippen LogP contribution is 2.28. The van der Waals surface area contributed by atoms with Crippen LogP contribution in [0, 0.1) is 5.92 Å². The van der Waals surface area contributed by atoms with E-state index in [9.17, 15) is 5.11 Å². The van der Waals surface area contributed by atoms with E-state index in [0.29, 0.717) is 0 Å². The van der Waals surface area contributed by atoms with Crippen LogP contribution in [0.3, 0.4) is 0 Å². The highest BCUT2D eigenvalue weighted by molar-refractivity contribution is 9.11. The first kappa shape index (κ1) is 12.6. The standard InChI is InChI=1S/C12H18BrNOS/c1-9-4-6-14(7-5-9)8-10(15)11-2-3-12(13)16-11/h2-3,9-10,15H,4-8H2,1H3. The monoisotopic (exact) mass is 303 g/mol. The number of piperidine rings is 1. The molecule has 0 bridgehead atoms. The predicted octanol–water partition coefficient (Wildman–Crippen LogP) is 3.28. The van der Waals surface area contributed by atoms with Crippen LogP contribution in [0.25, 0.3) is 0 Å². The molecule has 1 fully saturated rings. The van der Waals surface area contributed by atoms with Crippen LogP contribution in [0.4, 0.5) is 0 Å². The molecule has 1 saturated heterocycles. The van der Waals surface area contributed by atoms with Crippen molar-refractivity contribution >= 4 is 27.3 Å². The highest BCUT2D eigenvalue weighted by atomic mass is 79.9. The van der Waals surface area contributed by atoms with Crippen LogP contribution in [-0.2, 0) is 0 Å². The molecule has 90 valence electrons. The Hall–Kier alpha value is 0.1000. The van der Waals surface area contributed by atoms with Gasteiger partial charge in [0.2, 0.25) is 0 Å². The zero-order valence-electron chi connectivity index (χ0n) is 9.53. The molecule has 1 unspecified atom stereocenters. The van der Waals surface area contributed by atoms with Crippen LogP contribution in [0.2, 0.25) is 0 Å². The molecule has 1 aromatic heterocycles. The maximum atomic E-state index is 10.1. The maximum absolute atomic E-state index is 10.1. The average Bonchev–Trinajstić information content (AvgIpc) is 2.68. The summed E-state index contributed by atoms with van der Waals surface area (Å²) in [6.07, 6.45) is 2.20. The fourth-order valence-electron chi connectivity index (χ4n) is 2.09. The van der Waals surface area contributed by atoms with Crippen molar-refractivity contribution in [2.45, 2.75) is 25.9 Å². The van der Waals surface area contributed by atoms with Crippen molar-refractivity contribution < 1.29 is 5.11 Å². The van der Waals surface area contributed by atoms with Crippen molar-refractivity contribution in [1.29, 1.82) is 0 Å². The van der Waals surface area contributed by atoms with Gasteiger partial charge in [0.25, 0.3) is 0 Å². The number of nitrogens with zero attached hydrogens (tertiary/aromatic N) is 1. The van der Waals surface area contributed by atoms with E-state index in [1.54, 1.807) is 11.3 Å². The third kappa shape index (κ3) is 3.29. The summed E-state index contributed by atoms with van der Waals surface area (Å²) in [4.78, 5) is 3.43. The first-order chi connectivity index (χ1) is 7.65. The van der Waals surface area contributed by atoms with Crippen LogP contribution in [0.1, 0.15) is 30.7 Å². The molecule has 0 aromatic carbocycles. The Morgan fingerprint density at radius 1 is 1.50 bits per heavy atom. The van der Waals surface area contributed by atoms with Gasteiger partial charge in [-0.1, -0.05) is 6.92 Å². The second kappa shape index (κ2) is 5.63. The summed E-state index contributed by atoms with van der Waals surface area (Å²) in [5.74, 6) is 0.851. The molecule has 1 aromatic rings. The van der Waals surface area contributed by atoms with Gasteiger partial charge in [-0.3, -0.25) is 0 Å². The molecule has 16 heavy (non-hydrogen) atoms. The summed E-state index contributed by atoms with van der Waals surface area (Å²) in [5.41, 5.74) is 0. The van der Waals surface area contributed by atoms with Gasteiger partial charge >= 0.3 is 0 Å². The van der Waals surface area contributed by atoms with Gasteiger partial charge in [-0.15, -0.1) is 11.3 Å². The number of thiophene rings is 1. The van der Waals surface area contributed by atoms with E-state index in [2.05, 4.69) is 27.8 Å². The smallest absolute Gasteiger partial charge is 0.101 e. The van der Waals surface area contributed by atoms with Gasteiger partial charge in [0.1, 0.15) is 6.10 Å². The van der Waals surface area contributed by atoms with Gasteiger partial charge in [-0.05, 0) is 59.9 Å². The zero-order valence-corrected chi connectivity index (χ0v) is 11.9.